The number of sulfonamides is 1. The number of halogens is 2. The molecule has 3 aromatic carbocycles. The maximum atomic E-state index is 12.2. The fourth-order valence-electron chi connectivity index (χ4n) is 3.16. The minimum Gasteiger partial charge on any atom is -0.352 e. The van der Waals surface area contributed by atoms with Crippen LogP contribution < -0.4 is 9.62 Å². The van der Waals surface area contributed by atoms with E-state index >= 15 is 0 Å². The molecule has 0 saturated carbocycles. The van der Waals surface area contributed by atoms with Gasteiger partial charge in [0.2, 0.25) is 15.9 Å². The monoisotopic (exact) mass is 464 g/mol. The Balaban J connectivity index is 1.56. The normalized spacial score (nSPS) is 11.4. The molecule has 0 aliphatic carbocycles. The van der Waals surface area contributed by atoms with Gasteiger partial charge >= 0.3 is 0 Å². The van der Waals surface area contributed by atoms with Gasteiger partial charge in [0, 0.05) is 24.5 Å². The van der Waals surface area contributed by atoms with E-state index in [2.05, 4.69) is 5.32 Å². The van der Waals surface area contributed by atoms with Crippen molar-refractivity contribution >= 4 is 55.6 Å². The molecule has 8 heteroatoms. The molecule has 0 unspecified atom stereocenters. The molecule has 0 fully saturated rings. The molecule has 0 saturated heterocycles. The van der Waals surface area contributed by atoms with Crippen LogP contribution in [0, 0.1) is 0 Å². The lowest BCUT2D eigenvalue weighted by Crippen LogP contribution is -2.32. The molecule has 0 heterocycles. The molecule has 0 aliphatic rings. The Kier molecular flexibility index (Phi) is 7.23. The Morgan fingerprint density at radius 2 is 1.73 bits per heavy atom. The number of nitrogens with zero attached hydrogens (tertiary/aromatic N) is 1. The van der Waals surface area contributed by atoms with Crippen LogP contribution in [0.4, 0.5) is 5.69 Å². The average molecular weight is 465 g/mol. The molecule has 30 heavy (non-hydrogen) atoms. The predicted molar refractivity (Wildman–Crippen MR) is 124 cm³/mol. The van der Waals surface area contributed by atoms with Gasteiger partial charge in [-0.25, -0.2) is 8.42 Å². The second-order valence-corrected chi connectivity index (χ2v) is 9.74. The first-order valence-corrected chi connectivity index (χ1v) is 12.0. The smallest absolute Gasteiger partial charge is 0.232 e. The lowest BCUT2D eigenvalue weighted by Gasteiger charge is -2.23. The highest BCUT2D eigenvalue weighted by Gasteiger charge is 2.20. The summed E-state index contributed by atoms with van der Waals surface area (Å²) in [6.07, 6.45) is 1.64. The van der Waals surface area contributed by atoms with E-state index < -0.39 is 10.0 Å². The van der Waals surface area contributed by atoms with Gasteiger partial charge in [0.25, 0.3) is 0 Å². The second kappa shape index (κ2) is 9.69. The number of rotatable bonds is 8. The highest BCUT2D eigenvalue weighted by Crippen LogP contribution is 2.30. The number of carbonyl (C=O) groups is 1. The van der Waals surface area contributed by atoms with Crippen LogP contribution in [0.5, 0.6) is 0 Å². The zero-order chi connectivity index (χ0) is 21.7. The molecule has 1 N–H and O–H groups in total. The summed E-state index contributed by atoms with van der Waals surface area (Å²) in [4.78, 5) is 12.2. The Morgan fingerprint density at radius 1 is 1.00 bits per heavy atom. The highest BCUT2D eigenvalue weighted by molar-refractivity contribution is 7.92. The van der Waals surface area contributed by atoms with Crippen LogP contribution in [0.2, 0.25) is 10.0 Å². The van der Waals surface area contributed by atoms with E-state index in [-0.39, 0.29) is 23.9 Å². The first kappa shape index (κ1) is 22.4. The van der Waals surface area contributed by atoms with Gasteiger partial charge < -0.3 is 5.32 Å². The van der Waals surface area contributed by atoms with Gasteiger partial charge in [-0.15, -0.1) is 0 Å². The summed E-state index contributed by atoms with van der Waals surface area (Å²) in [5.74, 6) is -0.145. The minimum atomic E-state index is -3.57. The first-order chi connectivity index (χ1) is 14.2. The number of nitrogens with one attached hydrogen (secondary N) is 1. The molecule has 1 amide bonds. The molecule has 0 spiro atoms. The Hall–Kier alpha value is -2.28. The third-order valence-corrected chi connectivity index (χ3v) is 6.38. The van der Waals surface area contributed by atoms with Gasteiger partial charge in [-0.1, -0.05) is 59.6 Å². The Morgan fingerprint density at radius 3 is 2.47 bits per heavy atom. The third-order valence-electron chi connectivity index (χ3n) is 4.65. The number of hydrogen-bond acceptors (Lipinski definition) is 3. The Bertz CT molecular complexity index is 1170. The molecule has 3 aromatic rings. The van der Waals surface area contributed by atoms with Crippen LogP contribution >= 0.6 is 23.2 Å². The summed E-state index contributed by atoms with van der Waals surface area (Å²) in [5, 5.41) is 5.81. The van der Waals surface area contributed by atoms with E-state index in [9.17, 15) is 13.2 Å². The second-order valence-electron chi connectivity index (χ2n) is 6.99. The zero-order valence-corrected chi connectivity index (χ0v) is 18.8. The molecule has 158 valence electrons. The van der Waals surface area contributed by atoms with Gasteiger partial charge in [0.05, 0.1) is 17.0 Å². The standard InChI is InChI=1S/C22H22Cl2N2O3S/c1-30(28,29)26(21-14-19(23)10-11-20(21)24)12-4-7-22(27)25-15-16-8-9-17-5-2-3-6-18(17)13-16/h2-3,5-6,8-11,13-14H,4,7,12,15H2,1H3,(H,25,27). The molecule has 0 radical (unpaired) electrons. The van der Waals surface area contributed by atoms with Crippen molar-refractivity contribution in [2.24, 2.45) is 0 Å². The van der Waals surface area contributed by atoms with Crippen molar-refractivity contribution in [3.8, 4) is 0 Å². The fraction of sp³-hybridized carbons (Fsp3) is 0.227. The van der Waals surface area contributed by atoms with Crippen LogP contribution in [0.15, 0.2) is 60.7 Å². The van der Waals surface area contributed by atoms with Crippen molar-refractivity contribution in [2.75, 3.05) is 17.1 Å². The lowest BCUT2D eigenvalue weighted by atomic mass is 10.1. The molecule has 5 nitrogen and oxygen atoms in total. The number of hydrogen-bond donors (Lipinski definition) is 1. The fourth-order valence-corrected chi connectivity index (χ4v) is 4.57. The summed E-state index contributed by atoms with van der Waals surface area (Å²) in [7, 11) is -3.57. The van der Waals surface area contributed by atoms with E-state index in [4.69, 9.17) is 23.2 Å². The van der Waals surface area contributed by atoms with Crippen molar-refractivity contribution < 1.29 is 13.2 Å². The lowest BCUT2D eigenvalue weighted by molar-refractivity contribution is -0.121. The number of carbonyl (C=O) groups excluding carboxylic acids is 1. The van der Waals surface area contributed by atoms with Crippen molar-refractivity contribution in [2.45, 2.75) is 19.4 Å². The Labute approximate surface area is 186 Å². The van der Waals surface area contributed by atoms with Crippen molar-refractivity contribution in [1.82, 2.24) is 5.32 Å². The molecular weight excluding hydrogens is 443 g/mol. The summed E-state index contributed by atoms with van der Waals surface area (Å²) < 4.78 is 25.6. The third kappa shape index (κ3) is 5.88. The number of amides is 1. The first-order valence-electron chi connectivity index (χ1n) is 9.41. The van der Waals surface area contributed by atoms with Crippen LogP contribution in [-0.4, -0.2) is 27.1 Å². The van der Waals surface area contributed by atoms with Crippen LogP contribution in [0.3, 0.4) is 0 Å². The largest absolute Gasteiger partial charge is 0.352 e. The number of anilines is 1. The molecular formula is C22H22Cl2N2O3S. The number of fused-ring (bicyclic) bond motifs is 1. The molecule has 0 aliphatic heterocycles. The minimum absolute atomic E-state index is 0.127. The molecule has 0 atom stereocenters. The van der Waals surface area contributed by atoms with Crippen LogP contribution in [0.1, 0.15) is 18.4 Å². The summed E-state index contributed by atoms with van der Waals surface area (Å²) in [6.45, 7) is 0.544. The van der Waals surface area contributed by atoms with Crippen molar-refractivity contribution in [3.05, 3.63) is 76.3 Å². The van der Waals surface area contributed by atoms with Gasteiger partial charge in [-0.3, -0.25) is 9.10 Å². The maximum absolute atomic E-state index is 12.2. The van der Waals surface area contributed by atoms with E-state index in [1.54, 1.807) is 12.1 Å². The van der Waals surface area contributed by atoms with Crippen molar-refractivity contribution in [1.29, 1.82) is 0 Å². The molecule has 0 aromatic heterocycles. The van der Waals surface area contributed by atoms with Gasteiger partial charge in [0.15, 0.2) is 0 Å². The quantitative estimate of drug-likeness (QED) is 0.509. The van der Waals surface area contributed by atoms with Crippen LogP contribution in [0.25, 0.3) is 10.8 Å². The summed E-state index contributed by atoms with van der Waals surface area (Å²) in [5.41, 5.74) is 1.31. The zero-order valence-electron chi connectivity index (χ0n) is 16.4. The van der Waals surface area contributed by atoms with Crippen molar-refractivity contribution in [3.63, 3.8) is 0 Å². The van der Waals surface area contributed by atoms with E-state index in [1.807, 2.05) is 42.5 Å². The summed E-state index contributed by atoms with van der Waals surface area (Å²) >= 11 is 12.1. The SMILES string of the molecule is CS(=O)(=O)N(CCCC(=O)NCc1ccc2ccccc2c1)c1cc(Cl)ccc1Cl. The summed E-state index contributed by atoms with van der Waals surface area (Å²) in [6, 6.07) is 18.7. The topological polar surface area (TPSA) is 66.5 Å². The molecule has 3 rings (SSSR count). The highest BCUT2D eigenvalue weighted by atomic mass is 35.5. The average Bonchev–Trinajstić information content (AvgIpc) is 2.70. The molecule has 0 bridgehead atoms. The van der Waals surface area contributed by atoms with Gasteiger partial charge in [-0.2, -0.15) is 0 Å². The number of benzene rings is 3. The van der Waals surface area contributed by atoms with Crippen LogP contribution in [-0.2, 0) is 21.4 Å². The van der Waals surface area contributed by atoms with E-state index in [1.165, 1.54) is 10.4 Å². The predicted octanol–water partition coefficient (Wildman–Crippen LogP) is 5.01. The van der Waals surface area contributed by atoms with E-state index in [0.29, 0.717) is 23.7 Å². The maximum Gasteiger partial charge on any atom is 0.232 e. The van der Waals surface area contributed by atoms with Gasteiger partial charge in [-0.05, 0) is 47.0 Å². The van der Waals surface area contributed by atoms with Gasteiger partial charge in [0.1, 0.15) is 0 Å². The van der Waals surface area contributed by atoms with E-state index in [0.717, 1.165) is 22.6 Å².